The Morgan fingerprint density at radius 3 is 2.43 bits per heavy atom. The summed E-state index contributed by atoms with van der Waals surface area (Å²) in [5.74, 6) is -0.409. The second kappa shape index (κ2) is 6.33. The largest absolute Gasteiger partial charge is 0.392 e. The SMILES string of the molecule is O=C(Nc1ccc(CO)cc1)c1cc(=O)n(-c2ccccc2)[nH]1. The van der Waals surface area contributed by atoms with Crippen molar-refractivity contribution in [1.29, 1.82) is 0 Å². The molecule has 1 heterocycles. The Balaban J connectivity index is 1.81. The van der Waals surface area contributed by atoms with Gasteiger partial charge in [0.05, 0.1) is 12.3 Å². The van der Waals surface area contributed by atoms with Crippen molar-refractivity contribution in [1.82, 2.24) is 9.78 Å². The van der Waals surface area contributed by atoms with Crippen molar-refractivity contribution in [2.45, 2.75) is 6.61 Å². The Kier molecular flexibility index (Phi) is 4.07. The number of nitrogens with one attached hydrogen (secondary N) is 2. The molecular formula is C17H15N3O3. The average molecular weight is 309 g/mol. The van der Waals surface area contributed by atoms with Crippen molar-refractivity contribution >= 4 is 11.6 Å². The van der Waals surface area contributed by atoms with Crippen LogP contribution in [0.15, 0.2) is 65.5 Å². The molecule has 0 unspecified atom stereocenters. The number of H-pyrrole nitrogens is 1. The molecule has 1 amide bonds. The topological polar surface area (TPSA) is 87.1 Å². The molecule has 0 atom stereocenters. The summed E-state index contributed by atoms with van der Waals surface area (Å²) in [6, 6.07) is 17.1. The quantitative estimate of drug-likeness (QED) is 0.688. The second-order valence-corrected chi connectivity index (χ2v) is 4.99. The number of para-hydroxylation sites is 1. The molecule has 3 N–H and O–H groups in total. The number of aromatic amines is 1. The lowest BCUT2D eigenvalue weighted by molar-refractivity contribution is 0.102. The highest BCUT2D eigenvalue weighted by Gasteiger charge is 2.12. The van der Waals surface area contributed by atoms with Crippen LogP contribution < -0.4 is 10.9 Å². The van der Waals surface area contributed by atoms with Crippen LogP contribution in [-0.4, -0.2) is 20.8 Å². The fourth-order valence-corrected chi connectivity index (χ4v) is 2.17. The van der Waals surface area contributed by atoms with E-state index in [-0.39, 0.29) is 17.9 Å². The van der Waals surface area contributed by atoms with Gasteiger partial charge in [-0.3, -0.25) is 14.7 Å². The molecule has 116 valence electrons. The number of rotatable bonds is 4. The molecule has 0 bridgehead atoms. The van der Waals surface area contributed by atoms with Crippen LogP contribution in [0, 0.1) is 0 Å². The third-order valence-corrected chi connectivity index (χ3v) is 3.37. The fourth-order valence-electron chi connectivity index (χ4n) is 2.17. The van der Waals surface area contributed by atoms with Crippen molar-refractivity contribution < 1.29 is 9.90 Å². The van der Waals surface area contributed by atoms with Gasteiger partial charge in [0.25, 0.3) is 11.5 Å². The first-order chi connectivity index (χ1) is 11.2. The number of carbonyl (C=O) groups is 1. The van der Waals surface area contributed by atoms with E-state index in [2.05, 4.69) is 10.4 Å². The molecule has 23 heavy (non-hydrogen) atoms. The first-order valence-electron chi connectivity index (χ1n) is 7.06. The zero-order valence-electron chi connectivity index (χ0n) is 12.2. The number of anilines is 1. The number of benzene rings is 2. The molecule has 0 aliphatic carbocycles. The molecule has 0 aliphatic rings. The highest BCUT2D eigenvalue weighted by molar-refractivity contribution is 6.02. The third-order valence-electron chi connectivity index (χ3n) is 3.37. The average Bonchev–Trinajstić information content (AvgIpc) is 2.98. The minimum Gasteiger partial charge on any atom is -0.392 e. The van der Waals surface area contributed by atoms with Crippen LogP contribution in [0.2, 0.25) is 0 Å². The molecule has 3 aromatic rings. The molecule has 3 rings (SSSR count). The van der Waals surface area contributed by atoms with Gasteiger partial charge in [-0.1, -0.05) is 30.3 Å². The van der Waals surface area contributed by atoms with Gasteiger partial charge in [-0.2, -0.15) is 0 Å². The number of amides is 1. The van der Waals surface area contributed by atoms with E-state index < -0.39 is 5.91 Å². The summed E-state index contributed by atoms with van der Waals surface area (Å²) in [7, 11) is 0. The van der Waals surface area contributed by atoms with Gasteiger partial charge in [-0.15, -0.1) is 0 Å². The van der Waals surface area contributed by atoms with E-state index in [9.17, 15) is 9.59 Å². The lowest BCUT2D eigenvalue weighted by Gasteiger charge is -2.05. The molecule has 6 nitrogen and oxygen atoms in total. The zero-order chi connectivity index (χ0) is 16.2. The molecule has 0 spiro atoms. The number of aliphatic hydroxyl groups is 1. The van der Waals surface area contributed by atoms with Gasteiger partial charge in [-0.25, -0.2) is 4.68 Å². The lowest BCUT2D eigenvalue weighted by Crippen LogP contribution is -2.14. The number of carbonyl (C=O) groups excluding carboxylic acids is 1. The minimum atomic E-state index is -0.409. The summed E-state index contributed by atoms with van der Waals surface area (Å²) in [6.45, 7) is -0.0541. The standard InChI is InChI=1S/C17H15N3O3/c21-11-12-6-8-13(9-7-12)18-17(23)15-10-16(22)20(19-15)14-4-2-1-3-5-14/h1-10,19,21H,11H2,(H,18,23). The van der Waals surface area contributed by atoms with E-state index in [1.165, 1.54) is 10.7 Å². The van der Waals surface area contributed by atoms with Crippen LogP contribution >= 0.6 is 0 Å². The van der Waals surface area contributed by atoms with Crippen molar-refractivity contribution in [3.8, 4) is 5.69 Å². The summed E-state index contributed by atoms with van der Waals surface area (Å²) in [6.07, 6.45) is 0. The number of hydrogen-bond acceptors (Lipinski definition) is 3. The molecule has 0 radical (unpaired) electrons. The van der Waals surface area contributed by atoms with E-state index >= 15 is 0 Å². The van der Waals surface area contributed by atoms with Gasteiger partial charge in [0.2, 0.25) is 0 Å². The maximum atomic E-state index is 12.2. The fraction of sp³-hybridized carbons (Fsp3) is 0.0588. The van der Waals surface area contributed by atoms with Crippen LogP contribution in [-0.2, 0) is 6.61 Å². The number of nitrogens with zero attached hydrogens (tertiary/aromatic N) is 1. The predicted molar refractivity (Wildman–Crippen MR) is 86.7 cm³/mol. The van der Waals surface area contributed by atoms with Gasteiger partial charge in [0.15, 0.2) is 0 Å². The smallest absolute Gasteiger partial charge is 0.273 e. The Bertz CT molecular complexity index is 864. The van der Waals surface area contributed by atoms with Crippen molar-refractivity contribution in [3.63, 3.8) is 0 Å². The number of hydrogen-bond donors (Lipinski definition) is 3. The molecular weight excluding hydrogens is 294 g/mol. The zero-order valence-corrected chi connectivity index (χ0v) is 12.2. The van der Waals surface area contributed by atoms with Crippen LogP contribution in [0.3, 0.4) is 0 Å². The Morgan fingerprint density at radius 2 is 1.78 bits per heavy atom. The Hall–Kier alpha value is -3.12. The highest BCUT2D eigenvalue weighted by atomic mass is 16.3. The van der Waals surface area contributed by atoms with Gasteiger partial charge in [-0.05, 0) is 29.8 Å². The van der Waals surface area contributed by atoms with Crippen molar-refractivity contribution in [3.05, 3.63) is 82.3 Å². The van der Waals surface area contributed by atoms with Crippen LogP contribution in [0.5, 0.6) is 0 Å². The Labute approximate surface area is 132 Å². The van der Waals surface area contributed by atoms with Crippen LogP contribution in [0.1, 0.15) is 16.1 Å². The monoisotopic (exact) mass is 309 g/mol. The molecule has 2 aromatic carbocycles. The second-order valence-electron chi connectivity index (χ2n) is 4.99. The van der Waals surface area contributed by atoms with Crippen LogP contribution in [0.4, 0.5) is 5.69 Å². The number of aromatic nitrogens is 2. The molecule has 0 fully saturated rings. The van der Waals surface area contributed by atoms with E-state index in [1.807, 2.05) is 18.2 Å². The summed E-state index contributed by atoms with van der Waals surface area (Å²) >= 11 is 0. The van der Waals surface area contributed by atoms with E-state index in [1.54, 1.807) is 36.4 Å². The first-order valence-corrected chi connectivity index (χ1v) is 7.06. The normalized spacial score (nSPS) is 10.5. The summed E-state index contributed by atoms with van der Waals surface area (Å²) in [4.78, 5) is 24.2. The molecule has 1 aromatic heterocycles. The van der Waals surface area contributed by atoms with Gasteiger partial charge in [0.1, 0.15) is 5.69 Å². The van der Waals surface area contributed by atoms with E-state index in [4.69, 9.17) is 5.11 Å². The summed E-state index contributed by atoms with van der Waals surface area (Å²) < 4.78 is 1.31. The third kappa shape index (κ3) is 3.22. The van der Waals surface area contributed by atoms with Gasteiger partial charge in [0, 0.05) is 11.8 Å². The highest BCUT2D eigenvalue weighted by Crippen LogP contribution is 2.11. The maximum Gasteiger partial charge on any atom is 0.273 e. The maximum absolute atomic E-state index is 12.2. The predicted octanol–water partition coefficient (Wildman–Crippen LogP) is 1.91. The first kappa shape index (κ1) is 14.8. The van der Waals surface area contributed by atoms with E-state index in [0.29, 0.717) is 11.4 Å². The lowest BCUT2D eigenvalue weighted by atomic mass is 10.2. The van der Waals surface area contributed by atoms with Crippen molar-refractivity contribution in [2.24, 2.45) is 0 Å². The van der Waals surface area contributed by atoms with Gasteiger partial charge < -0.3 is 10.4 Å². The number of aliphatic hydroxyl groups excluding tert-OH is 1. The molecule has 0 saturated heterocycles. The minimum absolute atomic E-state index is 0.0541. The molecule has 0 aliphatic heterocycles. The Morgan fingerprint density at radius 1 is 1.09 bits per heavy atom. The van der Waals surface area contributed by atoms with E-state index in [0.717, 1.165) is 5.56 Å². The molecule has 0 saturated carbocycles. The summed E-state index contributed by atoms with van der Waals surface area (Å²) in [5.41, 5.74) is 1.86. The van der Waals surface area contributed by atoms with Crippen LogP contribution in [0.25, 0.3) is 5.69 Å². The molecule has 6 heteroatoms. The van der Waals surface area contributed by atoms with Gasteiger partial charge >= 0.3 is 0 Å². The summed E-state index contributed by atoms with van der Waals surface area (Å²) in [5, 5.41) is 14.5. The van der Waals surface area contributed by atoms with Crippen molar-refractivity contribution in [2.75, 3.05) is 5.32 Å².